The minimum atomic E-state index is -0.0753. The number of carbonyl (C=O) groups is 1. The van der Waals surface area contributed by atoms with E-state index in [1.54, 1.807) is 30.4 Å². The molecule has 1 amide bonds. The summed E-state index contributed by atoms with van der Waals surface area (Å²) in [6.45, 7) is 2.91. The van der Waals surface area contributed by atoms with Crippen molar-refractivity contribution in [1.29, 1.82) is 0 Å². The number of fused-ring (bicyclic) bond motifs is 1. The molecule has 0 saturated heterocycles. The standard InChI is InChI=1S/C21H21N5O2/c1-3-28-19-11-14(7-8-17(19)18-9-10-22-24-18)21(27)26(2)13-16-6-4-5-15-12-23-25-20(15)16/h4-12H,3,13H2,1-2H3,(H,22,24)(H,23,25). The molecule has 2 heterocycles. The number of benzene rings is 2. The zero-order chi connectivity index (χ0) is 19.5. The third-order valence-corrected chi connectivity index (χ3v) is 4.64. The summed E-state index contributed by atoms with van der Waals surface area (Å²) in [5, 5.41) is 15.0. The van der Waals surface area contributed by atoms with Gasteiger partial charge in [-0.2, -0.15) is 10.2 Å². The molecule has 0 aliphatic rings. The van der Waals surface area contributed by atoms with Gasteiger partial charge in [0.1, 0.15) is 5.75 Å². The summed E-state index contributed by atoms with van der Waals surface area (Å²) < 4.78 is 5.77. The van der Waals surface area contributed by atoms with Crippen molar-refractivity contribution in [2.45, 2.75) is 13.5 Å². The molecule has 0 aliphatic carbocycles. The van der Waals surface area contributed by atoms with Gasteiger partial charge < -0.3 is 9.64 Å². The molecule has 0 saturated carbocycles. The maximum Gasteiger partial charge on any atom is 0.254 e. The van der Waals surface area contributed by atoms with Gasteiger partial charge >= 0.3 is 0 Å². The Morgan fingerprint density at radius 1 is 1.14 bits per heavy atom. The first-order valence-electron chi connectivity index (χ1n) is 9.10. The number of aromatic amines is 2. The molecular weight excluding hydrogens is 354 g/mol. The first kappa shape index (κ1) is 17.8. The highest BCUT2D eigenvalue weighted by Gasteiger charge is 2.17. The molecule has 7 heteroatoms. The SMILES string of the molecule is CCOc1cc(C(=O)N(C)Cc2cccc3cn[nH]c23)ccc1-c1ccn[nH]1. The highest BCUT2D eigenvalue weighted by atomic mass is 16.5. The van der Waals surface area contributed by atoms with Crippen LogP contribution in [-0.2, 0) is 6.54 Å². The number of aromatic nitrogens is 4. The highest BCUT2D eigenvalue weighted by Crippen LogP contribution is 2.30. The van der Waals surface area contributed by atoms with Crippen molar-refractivity contribution < 1.29 is 9.53 Å². The topological polar surface area (TPSA) is 86.9 Å². The Balaban J connectivity index is 1.60. The van der Waals surface area contributed by atoms with Crippen LogP contribution in [0.2, 0.25) is 0 Å². The molecule has 2 aromatic heterocycles. The first-order chi connectivity index (χ1) is 13.7. The number of H-pyrrole nitrogens is 2. The van der Waals surface area contributed by atoms with Gasteiger partial charge in [0.05, 0.1) is 24.0 Å². The van der Waals surface area contributed by atoms with Crippen LogP contribution in [0, 0.1) is 0 Å². The van der Waals surface area contributed by atoms with E-state index in [2.05, 4.69) is 20.4 Å². The summed E-state index contributed by atoms with van der Waals surface area (Å²) in [5.74, 6) is 0.579. The number of hydrogen-bond donors (Lipinski definition) is 2. The molecule has 0 fully saturated rings. The lowest BCUT2D eigenvalue weighted by molar-refractivity contribution is 0.0785. The van der Waals surface area contributed by atoms with Gasteiger partial charge in [-0.1, -0.05) is 18.2 Å². The van der Waals surface area contributed by atoms with Crippen LogP contribution in [0.1, 0.15) is 22.8 Å². The maximum atomic E-state index is 13.0. The summed E-state index contributed by atoms with van der Waals surface area (Å²) in [4.78, 5) is 14.7. The van der Waals surface area contributed by atoms with Gasteiger partial charge in [0.15, 0.2) is 0 Å². The van der Waals surface area contributed by atoms with Gasteiger partial charge in [0.2, 0.25) is 0 Å². The van der Waals surface area contributed by atoms with Crippen molar-refractivity contribution in [3.05, 3.63) is 66.0 Å². The molecular formula is C21H21N5O2. The zero-order valence-corrected chi connectivity index (χ0v) is 15.8. The normalized spacial score (nSPS) is 10.9. The third-order valence-electron chi connectivity index (χ3n) is 4.64. The number of rotatable bonds is 6. The Morgan fingerprint density at radius 3 is 2.82 bits per heavy atom. The smallest absolute Gasteiger partial charge is 0.254 e. The number of ether oxygens (including phenoxy) is 1. The average molecular weight is 375 g/mol. The summed E-state index contributed by atoms with van der Waals surface area (Å²) in [6.07, 6.45) is 3.47. The molecule has 0 unspecified atom stereocenters. The maximum absolute atomic E-state index is 13.0. The molecule has 28 heavy (non-hydrogen) atoms. The molecule has 0 bridgehead atoms. The summed E-state index contributed by atoms with van der Waals surface area (Å²) in [7, 11) is 1.79. The van der Waals surface area contributed by atoms with Crippen molar-refractivity contribution in [3.8, 4) is 17.0 Å². The number of hydrogen-bond acceptors (Lipinski definition) is 4. The van der Waals surface area contributed by atoms with Crippen LogP contribution in [0.15, 0.2) is 54.9 Å². The van der Waals surface area contributed by atoms with E-state index in [1.807, 2.05) is 43.3 Å². The van der Waals surface area contributed by atoms with Gasteiger partial charge in [-0.25, -0.2) is 0 Å². The van der Waals surface area contributed by atoms with E-state index in [-0.39, 0.29) is 5.91 Å². The van der Waals surface area contributed by atoms with Crippen molar-refractivity contribution in [3.63, 3.8) is 0 Å². The second kappa shape index (κ2) is 7.56. The molecule has 2 aromatic carbocycles. The number of amides is 1. The minimum Gasteiger partial charge on any atom is -0.493 e. The van der Waals surface area contributed by atoms with Crippen molar-refractivity contribution >= 4 is 16.8 Å². The van der Waals surface area contributed by atoms with Crippen LogP contribution in [0.5, 0.6) is 5.75 Å². The fourth-order valence-electron chi connectivity index (χ4n) is 3.27. The van der Waals surface area contributed by atoms with E-state index in [9.17, 15) is 4.79 Å². The van der Waals surface area contributed by atoms with Crippen LogP contribution >= 0.6 is 0 Å². The van der Waals surface area contributed by atoms with Crippen molar-refractivity contribution in [2.75, 3.05) is 13.7 Å². The van der Waals surface area contributed by atoms with Crippen LogP contribution in [-0.4, -0.2) is 44.9 Å². The Morgan fingerprint density at radius 2 is 2.04 bits per heavy atom. The van der Waals surface area contributed by atoms with Gasteiger partial charge in [0.25, 0.3) is 5.91 Å². The van der Waals surface area contributed by atoms with Gasteiger partial charge in [-0.15, -0.1) is 0 Å². The van der Waals surface area contributed by atoms with E-state index in [0.29, 0.717) is 24.5 Å². The second-order valence-corrected chi connectivity index (χ2v) is 6.53. The molecule has 0 aliphatic heterocycles. The predicted octanol–water partition coefficient (Wildman–Crippen LogP) is 3.62. The van der Waals surface area contributed by atoms with Crippen LogP contribution in [0.4, 0.5) is 0 Å². The molecule has 2 N–H and O–H groups in total. The summed E-state index contributed by atoms with van der Waals surface area (Å²) in [6, 6.07) is 13.3. The monoisotopic (exact) mass is 375 g/mol. The lowest BCUT2D eigenvalue weighted by atomic mass is 10.1. The van der Waals surface area contributed by atoms with Crippen LogP contribution in [0.3, 0.4) is 0 Å². The Bertz CT molecular complexity index is 1100. The molecule has 4 aromatic rings. The third kappa shape index (κ3) is 3.34. The average Bonchev–Trinajstić information content (AvgIpc) is 3.40. The van der Waals surface area contributed by atoms with Crippen LogP contribution in [0.25, 0.3) is 22.2 Å². The first-order valence-corrected chi connectivity index (χ1v) is 9.10. The Labute approximate surface area is 162 Å². The van der Waals surface area contributed by atoms with E-state index in [4.69, 9.17) is 4.74 Å². The minimum absolute atomic E-state index is 0.0753. The predicted molar refractivity (Wildman–Crippen MR) is 107 cm³/mol. The molecule has 0 spiro atoms. The van der Waals surface area contributed by atoms with Crippen molar-refractivity contribution in [2.24, 2.45) is 0 Å². The molecule has 4 rings (SSSR count). The number of carbonyl (C=O) groups excluding carboxylic acids is 1. The highest BCUT2D eigenvalue weighted by molar-refractivity contribution is 5.95. The van der Waals surface area contributed by atoms with Crippen LogP contribution < -0.4 is 4.74 Å². The largest absolute Gasteiger partial charge is 0.493 e. The number of nitrogens with one attached hydrogen (secondary N) is 2. The molecule has 0 radical (unpaired) electrons. The fourth-order valence-corrected chi connectivity index (χ4v) is 3.27. The Kier molecular flexibility index (Phi) is 4.80. The summed E-state index contributed by atoms with van der Waals surface area (Å²) >= 11 is 0. The number of para-hydroxylation sites is 1. The second-order valence-electron chi connectivity index (χ2n) is 6.53. The van der Waals surface area contributed by atoms with Crippen molar-refractivity contribution in [1.82, 2.24) is 25.3 Å². The van der Waals surface area contributed by atoms with Gasteiger partial charge in [-0.3, -0.25) is 15.0 Å². The van der Waals surface area contributed by atoms with Gasteiger partial charge in [-0.05, 0) is 36.8 Å². The van der Waals surface area contributed by atoms with E-state index < -0.39 is 0 Å². The zero-order valence-electron chi connectivity index (χ0n) is 15.8. The lowest BCUT2D eigenvalue weighted by Crippen LogP contribution is -2.26. The lowest BCUT2D eigenvalue weighted by Gasteiger charge is -2.19. The Hall–Kier alpha value is -3.61. The summed E-state index contributed by atoms with van der Waals surface area (Å²) in [5.41, 5.74) is 4.27. The van der Waals surface area contributed by atoms with E-state index in [1.165, 1.54) is 0 Å². The fraction of sp³-hybridized carbons (Fsp3) is 0.190. The molecule has 142 valence electrons. The van der Waals surface area contributed by atoms with E-state index >= 15 is 0 Å². The van der Waals surface area contributed by atoms with E-state index in [0.717, 1.165) is 27.7 Å². The molecule has 0 atom stereocenters. The molecule has 7 nitrogen and oxygen atoms in total. The quantitative estimate of drug-likeness (QED) is 0.539. The number of nitrogens with zero attached hydrogens (tertiary/aromatic N) is 3. The van der Waals surface area contributed by atoms with Gasteiger partial charge in [0, 0.05) is 36.3 Å².